The lowest BCUT2D eigenvalue weighted by Crippen LogP contribution is -2.04. The highest BCUT2D eigenvalue weighted by molar-refractivity contribution is 14.1. The summed E-state index contributed by atoms with van der Waals surface area (Å²) < 4.78 is 7.01. The standard InChI is InChI=1S/C16H25IO/c1-13(2)5-4-6-14(3)11-12-18-16-9-7-15(17)8-10-16/h7-10,13-14H,4-6,11-12H2,1-3H3/t14-/m1/s1. The third-order valence-corrected chi connectivity index (χ3v) is 3.89. The maximum absolute atomic E-state index is 5.76. The van der Waals surface area contributed by atoms with Gasteiger partial charge in [0.1, 0.15) is 5.75 Å². The average Bonchev–Trinajstić information content (AvgIpc) is 2.31. The van der Waals surface area contributed by atoms with Crippen molar-refractivity contribution < 1.29 is 4.74 Å². The summed E-state index contributed by atoms with van der Waals surface area (Å²) in [5.41, 5.74) is 0. The van der Waals surface area contributed by atoms with Crippen LogP contribution in [0.3, 0.4) is 0 Å². The number of ether oxygens (including phenoxy) is 1. The molecule has 1 nitrogen and oxygen atoms in total. The molecule has 0 aliphatic rings. The minimum atomic E-state index is 0.771. The summed E-state index contributed by atoms with van der Waals surface area (Å²) in [6.07, 6.45) is 5.18. The van der Waals surface area contributed by atoms with E-state index in [1.165, 1.54) is 22.8 Å². The van der Waals surface area contributed by atoms with Gasteiger partial charge in [0.05, 0.1) is 6.61 Å². The molecule has 1 atom stereocenters. The Balaban J connectivity index is 2.11. The first-order chi connectivity index (χ1) is 8.58. The first kappa shape index (κ1) is 15.8. The van der Waals surface area contributed by atoms with Crippen LogP contribution in [0, 0.1) is 15.4 Å². The molecule has 0 aromatic heterocycles. The van der Waals surface area contributed by atoms with Gasteiger partial charge in [-0.15, -0.1) is 0 Å². The summed E-state index contributed by atoms with van der Waals surface area (Å²) in [5.74, 6) is 2.60. The van der Waals surface area contributed by atoms with Crippen LogP contribution in [0.2, 0.25) is 0 Å². The van der Waals surface area contributed by atoms with E-state index in [1.54, 1.807) is 0 Å². The highest BCUT2D eigenvalue weighted by Crippen LogP contribution is 2.17. The van der Waals surface area contributed by atoms with E-state index in [0.717, 1.165) is 30.6 Å². The molecular weight excluding hydrogens is 335 g/mol. The molecule has 2 heteroatoms. The molecule has 102 valence electrons. The molecule has 0 bridgehead atoms. The van der Waals surface area contributed by atoms with Crippen molar-refractivity contribution >= 4 is 22.6 Å². The minimum absolute atomic E-state index is 0.771. The predicted octanol–water partition coefficient (Wildman–Crippen LogP) is 5.52. The molecule has 0 N–H and O–H groups in total. The van der Waals surface area contributed by atoms with Crippen molar-refractivity contribution in [2.45, 2.75) is 46.5 Å². The zero-order valence-electron chi connectivity index (χ0n) is 11.8. The van der Waals surface area contributed by atoms with E-state index in [-0.39, 0.29) is 0 Å². The fourth-order valence-corrected chi connectivity index (χ4v) is 2.29. The second-order valence-electron chi connectivity index (χ2n) is 5.52. The molecule has 0 saturated carbocycles. The van der Waals surface area contributed by atoms with Gasteiger partial charge in [-0.1, -0.05) is 40.0 Å². The third-order valence-electron chi connectivity index (χ3n) is 3.17. The summed E-state index contributed by atoms with van der Waals surface area (Å²) in [6.45, 7) is 7.76. The van der Waals surface area contributed by atoms with Gasteiger partial charge in [-0.05, 0) is 65.1 Å². The molecule has 18 heavy (non-hydrogen) atoms. The Kier molecular flexibility index (Phi) is 7.71. The molecule has 0 fully saturated rings. The lowest BCUT2D eigenvalue weighted by molar-refractivity contribution is 0.275. The van der Waals surface area contributed by atoms with Gasteiger partial charge in [0, 0.05) is 3.57 Å². The summed E-state index contributed by atoms with van der Waals surface area (Å²) in [4.78, 5) is 0. The molecule has 0 unspecified atom stereocenters. The Morgan fingerprint density at radius 1 is 1.00 bits per heavy atom. The van der Waals surface area contributed by atoms with E-state index >= 15 is 0 Å². The zero-order valence-corrected chi connectivity index (χ0v) is 13.9. The summed E-state index contributed by atoms with van der Waals surface area (Å²) >= 11 is 2.31. The van der Waals surface area contributed by atoms with Crippen molar-refractivity contribution in [3.05, 3.63) is 27.8 Å². The third kappa shape index (κ3) is 7.24. The molecular formula is C16H25IO. The highest BCUT2D eigenvalue weighted by Gasteiger charge is 2.03. The van der Waals surface area contributed by atoms with Crippen LogP contribution in [0.25, 0.3) is 0 Å². The van der Waals surface area contributed by atoms with Crippen LogP contribution in [0.15, 0.2) is 24.3 Å². The van der Waals surface area contributed by atoms with Gasteiger partial charge >= 0.3 is 0 Å². The van der Waals surface area contributed by atoms with E-state index in [9.17, 15) is 0 Å². The first-order valence-corrected chi connectivity index (χ1v) is 8.04. The van der Waals surface area contributed by atoms with Crippen LogP contribution < -0.4 is 4.74 Å². The molecule has 0 saturated heterocycles. The lowest BCUT2D eigenvalue weighted by atomic mass is 9.98. The van der Waals surface area contributed by atoms with Crippen molar-refractivity contribution in [1.82, 2.24) is 0 Å². The van der Waals surface area contributed by atoms with Gasteiger partial charge in [-0.2, -0.15) is 0 Å². The molecule has 0 heterocycles. The molecule has 0 amide bonds. The van der Waals surface area contributed by atoms with E-state index in [0.29, 0.717) is 0 Å². The van der Waals surface area contributed by atoms with E-state index in [4.69, 9.17) is 4.74 Å². The van der Waals surface area contributed by atoms with Gasteiger partial charge in [0.25, 0.3) is 0 Å². The van der Waals surface area contributed by atoms with Crippen molar-refractivity contribution in [2.75, 3.05) is 6.61 Å². The van der Waals surface area contributed by atoms with Crippen molar-refractivity contribution in [3.63, 3.8) is 0 Å². The normalized spacial score (nSPS) is 12.7. The van der Waals surface area contributed by atoms with Gasteiger partial charge in [0.15, 0.2) is 0 Å². The molecule has 1 aromatic rings. The summed E-state index contributed by atoms with van der Waals surface area (Å²) in [5, 5.41) is 0. The van der Waals surface area contributed by atoms with Gasteiger partial charge < -0.3 is 4.74 Å². The highest BCUT2D eigenvalue weighted by atomic mass is 127. The number of hydrogen-bond acceptors (Lipinski definition) is 1. The zero-order chi connectivity index (χ0) is 13.4. The van der Waals surface area contributed by atoms with Crippen LogP contribution in [0.5, 0.6) is 5.75 Å². The molecule has 0 aliphatic heterocycles. The number of rotatable bonds is 8. The van der Waals surface area contributed by atoms with Crippen LogP contribution in [0.4, 0.5) is 0 Å². The van der Waals surface area contributed by atoms with E-state index in [2.05, 4.69) is 55.5 Å². The maximum Gasteiger partial charge on any atom is 0.119 e. The Morgan fingerprint density at radius 2 is 1.67 bits per heavy atom. The second-order valence-corrected chi connectivity index (χ2v) is 6.77. The molecule has 1 aromatic carbocycles. The topological polar surface area (TPSA) is 9.23 Å². The maximum atomic E-state index is 5.76. The Bertz CT molecular complexity index is 318. The number of hydrogen-bond donors (Lipinski definition) is 0. The fourth-order valence-electron chi connectivity index (χ4n) is 1.93. The van der Waals surface area contributed by atoms with Crippen LogP contribution in [-0.4, -0.2) is 6.61 Å². The summed E-state index contributed by atoms with van der Waals surface area (Å²) in [6, 6.07) is 8.26. The van der Waals surface area contributed by atoms with Gasteiger partial charge in [-0.3, -0.25) is 0 Å². The number of benzene rings is 1. The van der Waals surface area contributed by atoms with Crippen molar-refractivity contribution in [1.29, 1.82) is 0 Å². The largest absolute Gasteiger partial charge is 0.494 e. The first-order valence-electron chi connectivity index (χ1n) is 6.96. The predicted molar refractivity (Wildman–Crippen MR) is 87.1 cm³/mol. The Hall–Kier alpha value is -0.250. The van der Waals surface area contributed by atoms with Crippen LogP contribution >= 0.6 is 22.6 Å². The fraction of sp³-hybridized carbons (Fsp3) is 0.625. The summed E-state index contributed by atoms with van der Waals surface area (Å²) in [7, 11) is 0. The quantitative estimate of drug-likeness (QED) is 0.555. The van der Waals surface area contributed by atoms with Crippen molar-refractivity contribution in [2.24, 2.45) is 11.8 Å². The Morgan fingerprint density at radius 3 is 2.28 bits per heavy atom. The van der Waals surface area contributed by atoms with Gasteiger partial charge in [-0.25, -0.2) is 0 Å². The lowest BCUT2D eigenvalue weighted by Gasteiger charge is -2.13. The van der Waals surface area contributed by atoms with E-state index < -0.39 is 0 Å². The average molecular weight is 360 g/mol. The Labute approximate surface area is 125 Å². The molecule has 1 rings (SSSR count). The number of halogens is 1. The van der Waals surface area contributed by atoms with Crippen LogP contribution in [-0.2, 0) is 0 Å². The second kappa shape index (κ2) is 8.78. The molecule has 0 aliphatic carbocycles. The van der Waals surface area contributed by atoms with Crippen molar-refractivity contribution in [3.8, 4) is 5.75 Å². The SMILES string of the molecule is CC(C)CCC[C@@H](C)CCOc1ccc(I)cc1. The monoisotopic (exact) mass is 360 g/mol. The molecule has 0 radical (unpaired) electrons. The van der Waals surface area contributed by atoms with E-state index in [1.807, 2.05) is 12.1 Å². The smallest absolute Gasteiger partial charge is 0.119 e. The van der Waals surface area contributed by atoms with Gasteiger partial charge in [0.2, 0.25) is 0 Å². The minimum Gasteiger partial charge on any atom is -0.494 e. The van der Waals surface area contributed by atoms with Crippen LogP contribution in [0.1, 0.15) is 46.5 Å². The molecule has 0 spiro atoms.